The molecule has 1 aliphatic rings. The molecule has 0 saturated heterocycles. The van der Waals surface area contributed by atoms with E-state index in [2.05, 4.69) is 33.9 Å². The Bertz CT molecular complexity index is 1240. The number of anilines is 1. The summed E-state index contributed by atoms with van der Waals surface area (Å²) in [4.78, 5) is 18.1. The highest BCUT2D eigenvalue weighted by Crippen LogP contribution is 2.27. The van der Waals surface area contributed by atoms with Gasteiger partial charge in [-0.1, -0.05) is 25.1 Å². The van der Waals surface area contributed by atoms with E-state index in [-0.39, 0.29) is 5.91 Å². The molecule has 1 amide bonds. The Kier molecular flexibility index (Phi) is 5.47. The van der Waals surface area contributed by atoms with Gasteiger partial charge in [0, 0.05) is 12.1 Å². The van der Waals surface area contributed by atoms with Gasteiger partial charge in [-0.2, -0.15) is 0 Å². The molecular formula is C25H25N3O2S. The predicted octanol–water partition coefficient (Wildman–Crippen LogP) is 5.83. The number of rotatable bonds is 7. The molecule has 0 bridgehead atoms. The van der Waals surface area contributed by atoms with Gasteiger partial charge in [0.25, 0.3) is 5.91 Å². The number of aromatic nitrogens is 2. The van der Waals surface area contributed by atoms with E-state index in [1.165, 1.54) is 35.3 Å². The van der Waals surface area contributed by atoms with Crippen LogP contribution in [0.15, 0.2) is 53.9 Å². The van der Waals surface area contributed by atoms with E-state index in [1.807, 2.05) is 41.8 Å². The van der Waals surface area contributed by atoms with E-state index < -0.39 is 0 Å². The lowest BCUT2D eigenvalue weighted by Crippen LogP contribution is -2.15. The number of imidazole rings is 1. The van der Waals surface area contributed by atoms with Crippen LogP contribution in [0.25, 0.3) is 11.0 Å². The van der Waals surface area contributed by atoms with E-state index in [0.29, 0.717) is 17.4 Å². The summed E-state index contributed by atoms with van der Waals surface area (Å²) < 4.78 is 8.05. The number of benzene rings is 2. The van der Waals surface area contributed by atoms with Crippen molar-refractivity contribution in [3.63, 3.8) is 0 Å². The zero-order chi connectivity index (χ0) is 21.2. The topological polar surface area (TPSA) is 56.2 Å². The first-order valence-electron chi connectivity index (χ1n) is 10.8. The highest BCUT2D eigenvalue weighted by Gasteiger charge is 2.16. The molecule has 0 saturated carbocycles. The van der Waals surface area contributed by atoms with Crippen LogP contribution >= 0.6 is 11.3 Å². The number of carbonyl (C=O) groups is 1. The molecule has 4 aromatic rings. The molecule has 6 heteroatoms. The van der Waals surface area contributed by atoms with Crippen molar-refractivity contribution in [3.8, 4) is 5.75 Å². The highest BCUT2D eigenvalue weighted by atomic mass is 32.1. The molecule has 2 aromatic heterocycles. The third-order valence-electron chi connectivity index (χ3n) is 5.68. The van der Waals surface area contributed by atoms with Gasteiger partial charge in [0.05, 0.1) is 15.9 Å². The Morgan fingerprint density at radius 2 is 2.03 bits per heavy atom. The maximum atomic E-state index is 12.9. The van der Waals surface area contributed by atoms with E-state index in [9.17, 15) is 4.79 Å². The molecule has 0 fully saturated rings. The molecule has 0 aliphatic heterocycles. The molecule has 2 heterocycles. The second-order valence-electron chi connectivity index (χ2n) is 7.92. The molecule has 1 aliphatic carbocycles. The average Bonchev–Trinajstić information content (AvgIpc) is 3.51. The van der Waals surface area contributed by atoms with Crippen molar-refractivity contribution in [1.29, 1.82) is 0 Å². The molecule has 5 rings (SSSR count). The summed E-state index contributed by atoms with van der Waals surface area (Å²) in [7, 11) is 0. The van der Waals surface area contributed by atoms with Crippen molar-refractivity contribution in [3.05, 3.63) is 75.5 Å². The summed E-state index contributed by atoms with van der Waals surface area (Å²) in [6.07, 6.45) is 4.50. The van der Waals surface area contributed by atoms with Gasteiger partial charge in [-0.15, -0.1) is 11.3 Å². The lowest BCUT2D eigenvalue weighted by Gasteiger charge is -2.08. The third kappa shape index (κ3) is 4.08. The van der Waals surface area contributed by atoms with Crippen molar-refractivity contribution in [2.75, 3.05) is 5.32 Å². The molecule has 31 heavy (non-hydrogen) atoms. The molecule has 0 atom stereocenters. The van der Waals surface area contributed by atoms with Crippen molar-refractivity contribution in [2.24, 2.45) is 0 Å². The van der Waals surface area contributed by atoms with Crippen LogP contribution in [0.2, 0.25) is 0 Å². The van der Waals surface area contributed by atoms with Crippen LogP contribution in [0, 0.1) is 0 Å². The predicted molar refractivity (Wildman–Crippen MR) is 125 cm³/mol. The summed E-state index contributed by atoms with van der Waals surface area (Å²) in [5.41, 5.74) is 5.77. The maximum Gasteiger partial charge on any atom is 0.268 e. The van der Waals surface area contributed by atoms with Gasteiger partial charge in [0.15, 0.2) is 0 Å². The summed E-state index contributed by atoms with van der Waals surface area (Å²) >= 11 is 1.43. The van der Waals surface area contributed by atoms with Crippen molar-refractivity contribution >= 4 is 34.2 Å². The molecule has 2 aromatic carbocycles. The first-order valence-corrected chi connectivity index (χ1v) is 11.7. The van der Waals surface area contributed by atoms with Gasteiger partial charge in [-0.25, -0.2) is 4.98 Å². The van der Waals surface area contributed by atoms with E-state index >= 15 is 0 Å². The van der Waals surface area contributed by atoms with E-state index in [0.717, 1.165) is 41.7 Å². The van der Waals surface area contributed by atoms with Crippen LogP contribution in [0.1, 0.15) is 46.1 Å². The molecular weight excluding hydrogens is 406 g/mol. The van der Waals surface area contributed by atoms with Gasteiger partial charge in [0.2, 0.25) is 5.95 Å². The number of ether oxygens (including phenoxy) is 1. The summed E-state index contributed by atoms with van der Waals surface area (Å²) in [6.45, 7) is 3.38. The number of fused-ring (bicyclic) bond motifs is 2. The average molecular weight is 432 g/mol. The summed E-state index contributed by atoms with van der Waals surface area (Å²) in [5.74, 6) is 1.35. The largest absolute Gasteiger partial charge is 0.489 e. The maximum absolute atomic E-state index is 12.9. The fraction of sp³-hybridized carbons (Fsp3) is 0.280. The summed E-state index contributed by atoms with van der Waals surface area (Å²) in [5, 5.41) is 4.98. The van der Waals surface area contributed by atoms with Crippen molar-refractivity contribution in [2.45, 2.75) is 45.8 Å². The monoisotopic (exact) mass is 431 g/mol. The molecule has 5 nitrogen and oxygen atoms in total. The third-order valence-corrected chi connectivity index (χ3v) is 6.66. The van der Waals surface area contributed by atoms with E-state index in [1.54, 1.807) is 0 Å². The molecule has 1 N–H and O–H groups in total. The zero-order valence-electron chi connectivity index (χ0n) is 17.6. The number of thiophene rings is 1. The lowest BCUT2D eigenvalue weighted by molar-refractivity contribution is 0.102. The van der Waals surface area contributed by atoms with Gasteiger partial charge < -0.3 is 9.30 Å². The fourth-order valence-corrected chi connectivity index (χ4v) is 4.95. The number of aryl methyl sites for hydroxylation is 3. The van der Waals surface area contributed by atoms with E-state index in [4.69, 9.17) is 4.74 Å². The first kappa shape index (κ1) is 19.8. The van der Waals surface area contributed by atoms with Crippen LogP contribution in [-0.2, 0) is 26.0 Å². The molecule has 0 radical (unpaired) electrons. The lowest BCUT2D eigenvalue weighted by atomic mass is 10.1. The number of carbonyl (C=O) groups excluding carboxylic acids is 1. The number of amides is 1. The van der Waals surface area contributed by atoms with Gasteiger partial charge in [-0.3, -0.25) is 10.1 Å². The quantitative estimate of drug-likeness (QED) is 0.401. The standard InChI is InChI=1S/C25H25N3O2S/c1-2-12-28-22-9-4-3-8-21(22)26-25(28)27-24(29)23-13-17(16-31-23)15-30-20-11-10-18-6-5-7-19(18)14-20/h3-4,8-11,13-14,16H,2,5-7,12,15H2,1H3,(H,26,27,29). The van der Waals surface area contributed by atoms with Crippen LogP contribution in [-0.4, -0.2) is 15.5 Å². The second kappa shape index (κ2) is 8.55. The van der Waals surface area contributed by atoms with Gasteiger partial charge in [-0.05, 0) is 72.5 Å². The number of nitrogens with zero attached hydrogens (tertiary/aromatic N) is 2. The summed E-state index contributed by atoms with van der Waals surface area (Å²) in [6, 6.07) is 16.2. The fourth-order valence-electron chi connectivity index (χ4n) is 4.16. The number of hydrogen-bond acceptors (Lipinski definition) is 4. The Labute approximate surface area is 185 Å². The van der Waals surface area contributed by atoms with Crippen LogP contribution in [0.3, 0.4) is 0 Å². The van der Waals surface area contributed by atoms with Gasteiger partial charge in [0.1, 0.15) is 12.4 Å². The highest BCUT2D eigenvalue weighted by molar-refractivity contribution is 7.12. The smallest absolute Gasteiger partial charge is 0.268 e. The Morgan fingerprint density at radius 1 is 1.16 bits per heavy atom. The minimum Gasteiger partial charge on any atom is -0.489 e. The molecule has 0 unspecified atom stereocenters. The van der Waals surface area contributed by atoms with Gasteiger partial charge >= 0.3 is 0 Å². The molecule has 158 valence electrons. The van der Waals surface area contributed by atoms with Crippen LogP contribution < -0.4 is 10.1 Å². The van der Waals surface area contributed by atoms with Crippen molar-refractivity contribution in [1.82, 2.24) is 9.55 Å². The molecule has 0 spiro atoms. The van der Waals surface area contributed by atoms with Crippen LogP contribution in [0.4, 0.5) is 5.95 Å². The number of hydrogen-bond donors (Lipinski definition) is 1. The zero-order valence-corrected chi connectivity index (χ0v) is 18.4. The van der Waals surface area contributed by atoms with Crippen molar-refractivity contribution < 1.29 is 9.53 Å². The first-order chi connectivity index (χ1) is 15.2. The normalized spacial score (nSPS) is 12.8. The minimum absolute atomic E-state index is 0.138. The van der Waals surface area contributed by atoms with Crippen LogP contribution in [0.5, 0.6) is 5.75 Å². The minimum atomic E-state index is -0.138. The Balaban J connectivity index is 1.27. The Morgan fingerprint density at radius 3 is 2.94 bits per heavy atom. The second-order valence-corrected chi connectivity index (χ2v) is 8.83. The number of nitrogens with one attached hydrogen (secondary N) is 1. The Hall–Kier alpha value is -3.12. The SMILES string of the molecule is CCCn1c(NC(=O)c2cc(COc3ccc4c(c3)CCC4)cs2)nc2ccccc21. The number of para-hydroxylation sites is 2.